The number of nitrogens with one attached hydrogen (secondary N) is 1. The summed E-state index contributed by atoms with van der Waals surface area (Å²) in [7, 11) is 0. The Bertz CT molecular complexity index is 2200. The van der Waals surface area contributed by atoms with Gasteiger partial charge in [-0.15, -0.1) is 6.58 Å². The number of pyridine rings is 1. The molecule has 288 valence electrons. The van der Waals surface area contributed by atoms with E-state index in [9.17, 15) is 9.18 Å². The van der Waals surface area contributed by atoms with Crippen LogP contribution >= 0.6 is 0 Å². The molecule has 0 spiro atoms. The minimum atomic E-state index is -0.503. The highest BCUT2D eigenvalue weighted by atomic mass is 19.1. The molecule has 1 unspecified atom stereocenters. The number of ether oxygens (including phenoxy) is 3. The number of hydrogen-bond donors (Lipinski definition) is 1. The number of nitriles is 1. The molecule has 5 aromatic rings. The lowest BCUT2D eigenvalue weighted by molar-refractivity contribution is -0.0590. The number of hydrogen-bond acceptors (Lipinski definition) is 8. The molecule has 1 fully saturated rings. The van der Waals surface area contributed by atoms with Gasteiger partial charge in [0.05, 0.1) is 59.4 Å². The van der Waals surface area contributed by atoms with Gasteiger partial charge in [0.1, 0.15) is 18.2 Å². The van der Waals surface area contributed by atoms with E-state index in [1.807, 2.05) is 49.5 Å². The van der Waals surface area contributed by atoms with Gasteiger partial charge in [-0.2, -0.15) is 10.4 Å². The third kappa shape index (κ3) is 10.0. The van der Waals surface area contributed by atoms with Crippen LogP contribution < -0.4 is 10.1 Å². The minimum Gasteiger partial charge on any atom is -0.473 e. The number of carbonyl (C=O) groups excluding carboxylic acids is 1. The molecule has 11 nitrogen and oxygen atoms in total. The molecule has 1 aliphatic heterocycles. The molecule has 12 heteroatoms. The van der Waals surface area contributed by atoms with Crippen molar-refractivity contribution in [2.24, 2.45) is 0 Å². The van der Waals surface area contributed by atoms with Crippen LogP contribution in [0.3, 0.4) is 0 Å². The van der Waals surface area contributed by atoms with Crippen LogP contribution in [0, 0.1) is 17.1 Å². The second kappa shape index (κ2) is 17.0. The maximum atomic E-state index is 14.4. The van der Waals surface area contributed by atoms with E-state index >= 15 is 0 Å². The number of imidazole rings is 1. The number of halogens is 1. The zero-order valence-electron chi connectivity index (χ0n) is 32.4. The van der Waals surface area contributed by atoms with E-state index in [2.05, 4.69) is 54.2 Å². The SMILES string of the molecule is C=C(C)CCC(C)(C)OCCC(C)(CC)NC(=O)c1ccc2nc(Cn3cc(-c4cccc(OCc5ccc(C#N)cc5F)n4)cn3)n(C[C@@H]3CCO3)c2c1. The van der Waals surface area contributed by atoms with Gasteiger partial charge in [0.15, 0.2) is 0 Å². The van der Waals surface area contributed by atoms with Gasteiger partial charge in [-0.3, -0.25) is 9.48 Å². The van der Waals surface area contributed by atoms with Crippen molar-refractivity contribution in [3.63, 3.8) is 0 Å². The van der Waals surface area contributed by atoms with Gasteiger partial charge < -0.3 is 24.1 Å². The van der Waals surface area contributed by atoms with Crippen LogP contribution in [-0.4, -0.2) is 60.7 Å². The fourth-order valence-corrected chi connectivity index (χ4v) is 6.35. The van der Waals surface area contributed by atoms with Crippen LogP contribution in [0.25, 0.3) is 22.3 Å². The molecule has 6 rings (SSSR count). The van der Waals surface area contributed by atoms with Crippen molar-refractivity contribution in [1.82, 2.24) is 29.6 Å². The summed E-state index contributed by atoms with van der Waals surface area (Å²) in [5, 5.41) is 16.9. The molecule has 1 N–H and O–H groups in total. The van der Waals surface area contributed by atoms with Gasteiger partial charge in [0.2, 0.25) is 5.88 Å². The van der Waals surface area contributed by atoms with E-state index in [4.69, 9.17) is 24.5 Å². The summed E-state index contributed by atoms with van der Waals surface area (Å²) in [6, 6.07) is 17.2. The smallest absolute Gasteiger partial charge is 0.251 e. The van der Waals surface area contributed by atoms with Gasteiger partial charge >= 0.3 is 0 Å². The number of carbonyl (C=O) groups is 1. The average molecular weight is 748 g/mol. The highest BCUT2D eigenvalue weighted by Crippen LogP contribution is 2.26. The number of nitrogens with zero attached hydrogens (tertiary/aromatic N) is 6. The van der Waals surface area contributed by atoms with Crippen molar-refractivity contribution in [3.8, 4) is 23.2 Å². The molecule has 0 radical (unpaired) electrons. The molecule has 55 heavy (non-hydrogen) atoms. The molecule has 1 aliphatic rings. The third-order valence-electron chi connectivity index (χ3n) is 10.3. The van der Waals surface area contributed by atoms with E-state index in [0.717, 1.165) is 60.3 Å². The number of benzene rings is 2. The van der Waals surface area contributed by atoms with Gasteiger partial charge in [-0.1, -0.05) is 24.6 Å². The Morgan fingerprint density at radius 1 is 1.15 bits per heavy atom. The molecule has 2 atom stereocenters. The zero-order chi connectivity index (χ0) is 39.2. The molecule has 0 aliphatic carbocycles. The Morgan fingerprint density at radius 3 is 2.67 bits per heavy atom. The van der Waals surface area contributed by atoms with Crippen molar-refractivity contribution >= 4 is 16.9 Å². The Labute approximate surface area is 322 Å². The van der Waals surface area contributed by atoms with Crippen LogP contribution in [0.15, 0.2) is 79.1 Å². The monoisotopic (exact) mass is 747 g/mol. The Hall–Kier alpha value is -5.38. The number of aromatic nitrogens is 5. The van der Waals surface area contributed by atoms with Gasteiger partial charge in [-0.25, -0.2) is 14.4 Å². The maximum Gasteiger partial charge on any atom is 0.251 e. The summed E-state index contributed by atoms with van der Waals surface area (Å²) in [6.07, 6.45) is 7.90. The molecule has 3 aromatic heterocycles. The Morgan fingerprint density at radius 2 is 1.96 bits per heavy atom. The van der Waals surface area contributed by atoms with Crippen LogP contribution in [-0.2, 0) is 29.2 Å². The van der Waals surface area contributed by atoms with Crippen molar-refractivity contribution in [2.45, 2.75) is 104 Å². The average Bonchev–Trinajstić information content (AvgIpc) is 3.75. The van der Waals surface area contributed by atoms with E-state index < -0.39 is 11.4 Å². The Balaban J connectivity index is 1.15. The predicted octanol–water partition coefficient (Wildman–Crippen LogP) is 8.16. The quantitative estimate of drug-likeness (QED) is 0.0890. The molecule has 1 amide bonds. The third-order valence-corrected chi connectivity index (χ3v) is 10.3. The molecule has 0 saturated carbocycles. The van der Waals surface area contributed by atoms with Crippen molar-refractivity contribution in [3.05, 3.63) is 107 Å². The van der Waals surface area contributed by atoms with E-state index in [1.54, 1.807) is 23.0 Å². The number of fused-ring (bicyclic) bond motifs is 1. The predicted molar refractivity (Wildman–Crippen MR) is 209 cm³/mol. The first-order valence-corrected chi connectivity index (χ1v) is 18.9. The fraction of sp³-hybridized carbons (Fsp3) is 0.419. The second-order valence-corrected chi connectivity index (χ2v) is 15.3. The van der Waals surface area contributed by atoms with E-state index in [1.165, 1.54) is 12.1 Å². The lowest BCUT2D eigenvalue weighted by Gasteiger charge is -2.32. The standard InChI is InChI=1S/C43H50FN7O4/c1-7-43(6,18-20-55-42(4,5)17-15-29(2)3)49-41(52)31-13-14-37-38(22-31)51(26-34-16-19-53-34)39(47-37)27-50-25-33(24-46-50)36-9-8-10-40(48-36)54-28-32-12-11-30(23-45)21-35(32)44/h8-14,21-22,24-25,34H,2,7,15-20,26-28H2,1,3-6H3,(H,49,52)/t34-,43?/m0/s1. The van der Waals surface area contributed by atoms with Crippen LogP contribution in [0.1, 0.15) is 94.0 Å². The lowest BCUT2D eigenvalue weighted by Crippen LogP contribution is -2.46. The second-order valence-electron chi connectivity index (χ2n) is 15.3. The summed E-state index contributed by atoms with van der Waals surface area (Å²) >= 11 is 0. The highest BCUT2D eigenvalue weighted by Gasteiger charge is 2.28. The van der Waals surface area contributed by atoms with E-state index in [0.29, 0.717) is 48.8 Å². The molecule has 2 aromatic carbocycles. The highest BCUT2D eigenvalue weighted by molar-refractivity contribution is 5.98. The molecular formula is C43H50FN7O4. The topological polar surface area (TPSA) is 129 Å². The number of amides is 1. The first-order valence-electron chi connectivity index (χ1n) is 18.9. The largest absolute Gasteiger partial charge is 0.473 e. The summed E-state index contributed by atoms with van der Waals surface area (Å²) in [4.78, 5) is 23.3. The first-order chi connectivity index (χ1) is 26.3. The minimum absolute atomic E-state index is 0.0284. The zero-order valence-corrected chi connectivity index (χ0v) is 32.4. The van der Waals surface area contributed by atoms with Crippen LogP contribution in [0.2, 0.25) is 0 Å². The van der Waals surface area contributed by atoms with Crippen LogP contribution in [0.4, 0.5) is 4.39 Å². The fourth-order valence-electron chi connectivity index (χ4n) is 6.35. The summed E-state index contributed by atoms with van der Waals surface area (Å²) < 4.78 is 36.2. The number of rotatable bonds is 18. The van der Waals surface area contributed by atoms with Gasteiger partial charge in [0.25, 0.3) is 5.91 Å². The normalized spacial score (nSPS) is 15.3. The van der Waals surface area contributed by atoms with Crippen molar-refractivity contribution in [2.75, 3.05) is 13.2 Å². The van der Waals surface area contributed by atoms with Gasteiger partial charge in [-0.05, 0) is 96.2 Å². The van der Waals surface area contributed by atoms with E-state index in [-0.39, 0.29) is 29.8 Å². The summed E-state index contributed by atoms with van der Waals surface area (Å²) in [6.45, 7) is 16.6. The maximum absolute atomic E-state index is 14.4. The lowest BCUT2D eigenvalue weighted by atomic mass is 9.93. The summed E-state index contributed by atoms with van der Waals surface area (Å²) in [5.74, 6) is 0.482. The van der Waals surface area contributed by atoms with Crippen LogP contribution in [0.5, 0.6) is 5.88 Å². The molecule has 4 heterocycles. The molecule has 0 bridgehead atoms. The van der Waals surface area contributed by atoms with Gasteiger partial charge in [0, 0.05) is 47.7 Å². The molecule has 1 saturated heterocycles. The Kier molecular flexibility index (Phi) is 12.1. The van der Waals surface area contributed by atoms with Crippen molar-refractivity contribution in [1.29, 1.82) is 5.26 Å². The molecular weight excluding hydrogens is 698 g/mol. The van der Waals surface area contributed by atoms with Crippen molar-refractivity contribution < 1.29 is 23.4 Å². The number of allylic oxidation sites excluding steroid dienone is 1. The first kappa shape index (κ1) is 39.3. The summed E-state index contributed by atoms with van der Waals surface area (Å²) in [5.41, 5.74) is 4.64.